The van der Waals surface area contributed by atoms with Gasteiger partial charge in [-0.15, -0.1) is 0 Å². The lowest BCUT2D eigenvalue weighted by molar-refractivity contribution is -0.118. The highest BCUT2D eigenvalue weighted by atomic mass is 79.9. The Kier molecular flexibility index (Phi) is 7.28. The summed E-state index contributed by atoms with van der Waals surface area (Å²) in [5.74, 6) is 0.148. The Balaban J connectivity index is 1.96. The van der Waals surface area contributed by atoms with Gasteiger partial charge >= 0.3 is 0 Å². The van der Waals surface area contributed by atoms with Gasteiger partial charge in [-0.3, -0.25) is 9.59 Å². The van der Waals surface area contributed by atoms with Crippen LogP contribution in [0.5, 0.6) is 5.75 Å². The zero-order valence-electron chi connectivity index (χ0n) is 13.6. The highest BCUT2D eigenvalue weighted by Crippen LogP contribution is 2.26. The molecule has 0 atom stereocenters. The van der Waals surface area contributed by atoms with Gasteiger partial charge in [-0.25, -0.2) is 0 Å². The average Bonchev–Trinajstić information content (AvgIpc) is 2.56. The van der Waals surface area contributed by atoms with E-state index in [0.29, 0.717) is 28.6 Å². The van der Waals surface area contributed by atoms with Gasteiger partial charge in [0.05, 0.1) is 10.7 Å². The molecule has 0 aliphatic carbocycles. The summed E-state index contributed by atoms with van der Waals surface area (Å²) in [6, 6.07) is 12.1. The highest BCUT2D eigenvalue weighted by molar-refractivity contribution is 9.10. The Morgan fingerprint density at radius 2 is 1.92 bits per heavy atom. The predicted octanol–water partition coefficient (Wildman–Crippen LogP) is 4.86. The molecular formula is C18H18BrClN2O3. The Morgan fingerprint density at radius 1 is 1.12 bits per heavy atom. The maximum atomic E-state index is 12.1. The second kappa shape index (κ2) is 9.44. The van der Waals surface area contributed by atoms with E-state index >= 15 is 0 Å². The maximum Gasteiger partial charge on any atom is 0.262 e. The third-order valence-electron chi connectivity index (χ3n) is 3.17. The molecule has 0 saturated heterocycles. The van der Waals surface area contributed by atoms with Gasteiger partial charge in [0.25, 0.3) is 5.91 Å². The fourth-order valence-electron chi connectivity index (χ4n) is 2.04. The van der Waals surface area contributed by atoms with E-state index in [4.69, 9.17) is 16.3 Å². The standard InChI is InChI=1S/C18H18BrClN2O3/c1-2-4-17(23)21-13-7-8-15(20)16(10-13)22-18(24)11-25-14-6-3-5-12(19)9-14/h3,5-10H,2,4,11H2,1H3,(H,21,23)(H,22,24). The number of amides is 2. The van der Waals surface area contributed by atoms with Crippen LogP contribution in [0.3, 0.4) is 0 Å². The van der Waals surface area contributed by atoms with E-state index < -0.39 is 0 Å². The van der Waals surface area contributed by atoms with Crippen LogP contribution in [0.1, 0.15) is 19.8 Å². The first-order chi connectivity index (χ1) is 12.0. The van der Waals surface area contributed by atoms with Crippen molar-refractivity contribution in [3.05, 3.63) is 52.0 Å². The number of hydrogen-bond donors (Lipinski definition) is 2. The molecule has 2 rings (SSSR count). The third-order valence-corrected chi connectivity index (χ3v) is 3.99. The van der Waals surface area contributed by atoms with E-state index in [2.05, 4.69) is 26.6 Å². The largest absolute Gasteiger partial charge is 0.484 e. The lowest BCUT2D eigenvalue weighted by Gasteiger charge is -2.11. The number of rotatable bonds is 7. The van der Waals surface area contributed by atoms with Crippen molar-refractivity contribution >= 4 is 50.7 Å². The third kappa shape index (κ3) is 6.40. The van der Waals surface area contributed by atoms with Gasteiger partial charge in [-0.2, -0.15) is 0 Å². The van der Waals surface area contributed by atoms with Crippen molar-refractivity contribution in [2.24, 2.45) is 0 Å². The van der Waals surface area contributed by atoms with Crippen LogP contribution in [0.15, 0.2) is 46.9 Å². The van der Waals surface area contributed by atoms with E-state index in [9.17, 15) is 9.59 Å². The summed E-state index contributed by atoms with van der Waals surface area (Å²) in [4.78, 5) is 23.7. The topological polar surface area (TPSA) is 67.4 Å². The van der Waals surface area contributed by atoms with Crippen LogP contribution in [-0.2, 0) is 9.59 Å². The van der Waals surface area contributed by atoms with Crippen molar-refractivity contribution in [2.45, 2.75) is 19.8 Å². The van der Waals surface area contributed by atoms with E-state index in [1.165, 1.54) is 0 Å². The zero-order valence-corrected chi connectivity index (χ0v) is 16.0. The van der Waals surface area contributed by atoms with Crippen LogP contribution >= 0.6 is 27.5 Å². The molecule has 0 heterocycles. The Labute approximate surface area is 159 Å². The van der Waals surface area contributed by atoms with Crippen LogP contribution in [0.2, 0.25) is 5.02 Å². The molecule has 2 N–H and O–H groups in total. The molecule has 2 aromatic rings. The number of anilines is 2. The van der Waals surface area contributed by atoms with Crippen molar-refractivity contribution in [1.29, 1.82) is 0 Å². The van der Waals surface area contributed by atoms with E-state index in [0.717, 1.165) is 10.9 Å². The summed E-state index contributed by atoms with van der Waals surface area (Å²) in [6.45, 7) is 1.78. The number of ether oxygens (including phenoxy) is 1. The Bertz CT molecular complexity index is 768. The fraction of sp³-hybridized carbons (Fsp3) is 0.222. The Morgan fingerprint density at radius 3 is 2.64 bits per heavy atom. The van der Waals surface area contributed by atoms with Crippen molar-refractivity contribution < 1.29 is 14.3 Å². The van der Waals surface area contributed by atoms with Crippen molar-refractivity contribution in [3.8, 4) is 5.75 Å². The monoisotopic (exact) mass is 424 g/mol. The number of carbonyl (C=O) groups is 2. The van der Waals surface area contributed by atoms with Gasteiger partial charge in [0.15, 0.2) is 6.61 Å². The average molecular weight is 426 g/mol. The molecule has 132 valence electrons. The Hall–Kier alpha value is -2.05. The number of carbonyl (C=O) groups excluding carboxylic acids is 2. The van der Waals surface area contributed by atoms with Crippen LogP contribution in [0.4, 0.5) is 11.4 Å². The SMILES string of the molecule is CCCC(=O)Nc1ccc(Cl)c(NC(=O)COc2cccc(Br)c2)c1. The van der Waals surface area contributed by atoms with Gasteiger partial charge in [-0.05, 0) is 42.8 Å². The minimum Gasteiger partial charge on any atom is -0.484 e. The molecule has 0 aromatic heterocycles. The second-order valence-corrected chi connectivity index (χ2v) is 6.61. The lowest BCUT2D eigenvalue weighted by atomic mass is 10.2. The summed E-state index contributed by atoms with van der Waals surface area (Å²) in [5.41, 5.74) is 0.991. The highest BCUT2D eigenvalue weighted by Gasteiger charge is 2.09. The molecule has 0 unspecified atom stereocenters. The quantitative estimate of drug-likeness (QED) is 0.666. The van der Waals surface area contributed by atoms with Crippen LogP contribution < -0.4 is 15.4 Å². The van der Waals surface area contributed by atoms with Crippen molar-refractivity contribution in [1.82, 2.24) is 0 Å². The van der Waals surface area contributed by atoms with E-state index in [1.807, 2.05) is 19.1 Å². The number of benzene rings is 2. The first-order valence-corrected chi connectivity index (χ1v) is 8.92. The van der Waals surface area contributed by atoms with E-state index in [-0.39, 0.29) is 18.4 Å². The number of hydrogen-bond acceptors (Lipinski definition) is 3. The molecule has 0 spiro atoms. The van der Waals surface area contributed by atoms with Crippen LogP contribution in [0.25, 0.3) is 0 Å². The van der Waals surface area contributed by atoms with Crippen molar-refractivity contribution in [3.63, 3.8) is 0 Å². The van der Waals surface area contributed by atoms with Gasteiger partial charge in [-0.1, -0.05) is 40.5 Å². The maximum absolute atomic E-state index is 12.1. The number of nitrogens with one attached hydrogen (secondary N) is 2. The molecule has 0 aliphatic rings. The van der Waals surface area contributed by atoms with Crippen molar-refractivity contribution in [2.75, 3.05) is 17.2 Å². The van der Waals surface area contributed by atoms with Gasteiger partial charge < -0.3 is 15.4 Å². The molecule has 0 saturated carbocycles. The fourth-order valence-corrected chi connectivity index (χ4v) is 2.58. The first-order valence-electron chi connectivity index (χ1n) is 7.75. The molecule has 2 amide bonds. The minimum absolute atomic E-state index is 0.0833. The first kappa shape index (κ1) is 19.3. The predicted molar refractivity (Wildman–Crippen MR) is 103 cm³/mol. The molecule has 0 aliphatic heterocycles. The van der Waals surface area contributed by atoms with Crippen LogP contribution in [0, 0.1) is 0 Å². The minimum atomic E-state index is -0.348. The van der Waals surface area contributed by atoms with Crippen LogP contribution in [-0.4, -0.2) is 18.4 Å². The van der Waals surface area contributed by atoms with Gasteiger partial charge in [0, 0.05) is 16.6 Å². The number of halogens is 2. The molecule has 0 fully saturated rings. The molecular weight excluding hydrogens is 408 g/mol. The van der Waals surface area contributed by atoms with Gasteiger partial charge in [0.1, 0.15) is 5.75 Å². The van der Waals surface area contributed by atoms with Gasteiger partial charge in [0.2, 0.25) is 5.91 Å². The summed E-state index contributed by atoms with van der Waals surface area (Å²) in [6.07, 6.45) is 1.20. The lowest BCUT2D eigenvalue weighted by Crippen LogP contribution is -2.20. The summed E-state index contributed by atoms with van der Waals surface area (Å²) in [5, 5.41) is 5.82. The molecule has 7 heteroatoms. The molecule has 5 nitrogen and oxygen atoms in total. The van der Waals surface area contributed by atoms with E-state index in [1.54, 1.807) is 30.3 Å². The normalized spacial score (nSPS) is 10.2. The smallest absolute Gasteiger partial charge is 0.262 e. The molecule has 2 aromatic carbocycles. The second-order valence-electron chi connectivity index (χ2n) is 5.29. The summed E-state index contributed by atoms with van der Waals surface area (Å²) < 4.78 is 6.30. The summed E-state index contributed by atoms with van der Waals surface area (Å²) in [7, 11) is 0. The molecule has 0 radical (unpaired) electrons. The zero-order chi connectivity index (χ0) is 18.2. The molecule has 0 bridgehead atoms. The molecule has 25 heavy (non-hydrogen) atoms. The summed E-state index contributed by atoms with van der Waals surface area (Å²) >= 11 is 9.44.